The summed E-state index contributed by atoms with van der Waals surface area (Å²) >= 11 is 0. The van der Waals surface area contributed by atoms with Crippen molar-refractivity contribution >= 4 is 22.8 Å². The largest absolute Gasteiger partial charge is 0.505 e. The van der Waals surface area contributed by atoms with E-state index >= 15 is 0 Å². The smallest absolute Gasteiger partial charge is 0.267 e. The number of amides is 2. The Bertz CT molecular complexity index is 1380. The first-order chi connectivity index (χ1) is 17.5. The number of halogens is 1. The molecule has 0 aliphatic carbocycles. The van der Waals surface area contributed by atoms with E-state index in [-0.39, 0.29) is 36.4 Å². The van der Waals surface area contributed by atoms with Gasteiger partial charge in [-0.3, -0.25) is 19.4 Å². The first-order valence-corrected chi connectivity index (χ1v) is 12.1. The van der Waals surface area contributed by atoms with Crippen LogP contribution in [0.25, 0.3) is 11.0 Å². The van der Waals surface area contributed by atoms with Crippen LogP contribution >= 0.6 is 0 Å². The molecule has 0 spiro atoms. The maximum atomic E-state index is 14.0. The van der Waals surface area contributed by atoms with Crippen LogP contribution in [-0.2, 0) is 24.7 Å². The van der Waals surface area contributed by atoms with Crippen LogP contribution in [0, 0.1) is 5.82 Å². The lowest BCUT2D eigenvalue weighted by atomic mass is 9.96. The van der Waals surface area contributed by atoms with E-state index in [0.29, 0.717) is 36.0 Å². The number of aromatic hydroxyl groups is 1. The molecule has 0 radical (unpaired) electrons. The van der Waals surface area contributed by atoms with Crippen molar-refractivity contribution in [2.45, 2.75) is 52.0 Å². The van der Waals surface area contributed by atoms with Gasteiger partial charge in [0.05, 0.1) is 17.7 Å². The zero-order valence-electron chi connectivity index (χ0n) is 21.5. The van der Waals surface area contributed by atoms with Crippen LogP contribution in [0.2, 0.25) is 0 Å². The number of fused-ring (bicyclic) bond motifs is 1. The zero-order valence-corrected chi connectivity index (χ0v) is 21.5. The van der Waals surface area contributed by atoms with Gasteiger partial charge in [0.25, 0.3) is 11.5 Å². The Kier molecular flexibility index (Phi) is 8.65. The predicted molar refractivity (Wildman–Crippen MR) is 138 cm³/mol. The molecule has 4 N–H and O–H groups in total. The molecular formula is C27H33FN4O5. The van der Waals surface area contributed by atoms with Crippen LogP contribution in [0.1, 0.15) is 60.7 Å². The van der Waals surface area contributed by atoms with Crippen molar-refractivity contribution in [2.75, 3.05) is 13.2 Å². The number of carbonyl (C=O) groups excluding carboxylic acids is 2. The molecule has 0 unspecified atom stereocenters. The molecule has 0 aliphatic heterocycles. The van der Waals surface area contributed by atoms with Gasteiger partial charge in [0.2, 0.25) is 5.91 Å². The van der Waals surface area contributed by atoms with Gasteiger partial charge in [-0.15, -0.1) is 0 Å². The van der Waals surface area contributed by atoms with Crippen molar-refractivity contribution in [3.8, 4) is 5.75 Å². The normalized spacial score (nSPS) is 11.5. The Labute approximate surface area is 214 Å². The molecule has 0 saturated carbocycles. The topological polar surface area (TPSA) is 134 Å². The van der Waals surface area contributed by atoms with Crippen molar-refractivity contribution in [3.63, 3.8) is 0 Å². The van der Waals surface area contributed by atoms with Crippen molar-refractivity contribution in [1.82, 2.24) is 20.2 Å². The lowest BCUT2D eigenvalue weighted by Crippen LogP contribution is -2.46. The summed E-state index contributed by atoms with van der Waals surface area (Å²) in [4.78, 5) is 41.9. The number of carbonyl (C=O) groups is 2. The average Bonchev–Trinajstić information content (AvgIpc) is 2.86. The third-order valence-electron chi connectivity index (χ3n) is 6.09. The van der Waals surface area contributed by atoms with Gasteiger partial charge in [0, 0.05) is 26.2 Å². The number of rotatable bonds is 10. The summed E-state index contributed by atoms with van der Waals surface area (Å²) in [5.41, 5.74) is 0.846. The van der Waals surface area contributed by atoms with Gasteiger partial charge in [0.15, 0.2) is 5.75 Å². The standard InChI is InChI=1S/C27H33FN4O5/c1-5-10-29-25(36)22-24(35)23-20(32(4)26(22)37)12-16(14-30-23)11-17-6-8-19(28)13-18(17)7-9-21(34)31-27(2,3)15-33/h6,8,12-14,33,35H,5,7,9-11,15H2,1-4H3,(H,29,36)(H,31,34). The van der Waals surface area contributed by atoms with Crippen LogP contribution in [0.15, 0.2) is 35.3 Å². The van der Waals surface area contributed by atoms with E-state index in [1.165, 1.54) is 29.9 Å². The van der Waals surface area contributed by atoms with Crippen LogP contribution in [0.3, 0.4) is 0 Å². The fourth-order valence-corrected chi connectivity index (χ4v) is 4.01. The SMILES string of the molecule is CCCNC(=O)c1c(O)c2ncc(Cc3ccc(F)cc3CCC(=O)NC(C)(C)CO)cc2n(C)c1=O. The molecule has 1 aromatic carbocycles. The molecule has 0 atom stereocenters. The Morgan fingerprint density at radius 3 is 2.59 bits per heavy atom. The second-order valence-corrected chi connectivity index (χ2v) is 9.73. The van der Waals surface area contributed by atoms with Gasteiger partial charge in [-0.1, -0.05) is 13.0 Å². The number of nitrogens with one attached hydrogen (secondary N) is 2. The van der Waals surface area contributed by atoms with Crippen LogP contribution in [0.5, 0.6) is 5.75 Å². The summed E-state index contributed by atoms with van der Waals surface area (Å²) in [6.45, 7) is 5.45. The summed E-state index contributed by atoms with van der Waals surface area (Å²) in [6, 6.07) is 6.06. The number of benzene rings is 1. The highest BCUT2D eigenvalue weighted by atomic mass is 19.1. The number of aromatic nitrogens is 2. The van der Waals surface area contributed by atoms with E-state index in [0.717, 1.165) is 5.56 Å². The predicted octanol–water partition coefficient (Wildman–Crippen LogP) is 2.33. The van der Waals surface area contributed by atoms with Gasteiger partial charge >= 0.3 is 0 Å². The first kappa shape index (κ1) is 27.8. The summed E-state index contributed by atoms with van der Waals surface area (Å²) < 4.78 is 15.3. The number of aliphatic hydroxyl groups excluding tert-OH is 1. The van der Waals surface area contributed by atoms with Gasteiger partial charge < -0.3 is 25.4 Å². The molecule has 9 nitrogen and oxygen atoms in total. The number of hydrogen-bond donors (Lipinski definition) is 4. The minimum atomic E-state index is -0.753. The number of hydrogen-bond acceptors (Lipinski definition) is 6. The van der Waals surface area contributed by atoms with Crippen molar-refractivity contribution < 1.29 is 24.2 Å². The summed E-state index contributed by atoms with van der Waals surface area (Å²) in [7, 11) is 1.50. The van der Waals surface area contributed by atoms with Gasteiger partial charge in [-0.25, -0.2) is 4.39 Å². The fraction of sp³-hybridized carbons (Fsp3) is 0.407. The highest BCUT2D eigenvalue weighted by molar-refractivity contribution is 6.01. The summed E-state index contributed by atoms with van der Waals surface area (Å²) in [5.74, 6) is -1.81. The Morgan fingerprint density at radius 2 is 1.92 bits per heavy atom. The highest BCUT2D eigenvalue weighted by Gasteiger charge is 2.22. The van der Waals surface area contributed by atoms with Gasteiger partial charge in [-0.05, 0) is 68.0 Å². The third-order valence-corrected chi connectivity index (χ3v) is 6.09. The molecule has 37 heavy (non-hydrogen) atoms. The molecule has 3 rings (SSSR count). The van der Waals surface area contributed by atoms with E-state index in [9.17, 15) is 29.0 Å². The quantitative estimate of drug-likeness (QED) is 0.330. The lowest BCUT2D eigenvalue weighted by molar-refractivity contribution is -0.123. The molecule has 0 fully saturated rings. The van der Waals surface area contributed by atoms with Crippen molar-refractivity contribution in [2.24, 2.45) is 7.05 Å². The average molecular weight is 513 g/mol. The fourth-order valence-electron chi connectivity index (χ4n) is 4.01. The zero-order chi connectivity index (χ0) is 27.3. The minimum absolute atomic E-state index is 0.112. The molecule has 3 aromatic rings. The van der Waals surface area contributed by atoms with Gasteiger partial charge in [-0.2, -0.15) is 0 Å². The molecule has 198 valence electrons. The number of aryl methyl sites for hydroxylation is 2. The summed E-state index contributed by atoms with van der Waals surface area (Å²) in [6.07, 6.45) is 2.95. The molecule has 2 aromatic heterocycles. The van der Waals surface area contributed by atoms with E-state index in [2.05, 4.69) is 15.6 Å². The van der Waals surface area contributed by atoms with E-state index in [1.807, 2.05) is 6.92 Å². The van der Waals surface area contributed by atoms with E-state index in [4.69, 9.17) is 0 Å². The van der Waals surface area contributed by atoms with Crippen molar-refractivity contribution in [3.05, 3.63) is 68.9 Å². The number of nitrogens with zero attached hydrogens (tertiary/aromatic N) is 2. The second kappa shape index (κ2) is 11.5. The molecular weight excluding hydrogens is 479 g/mol. The molecule has 2 heterocycles. The maximum Gasteiger partial charge on any atom is 0.267 e. The molecule has 0 bridgehead atoms. The maximum absolute atomic E-state index is 14.0. The van der Waals surface area contributed by atoms with E-state index < -0.39 is 28.6 Å². The molecule has 0 saturated heterocycles. The third kappa shape index (κ3) is 6.51. The summed E-state index contributed by atoms with van der Waals surface area (Å²) in [5, 5.41) is 25.4. The molecule has 10 heteroatoms. The van der Waals surface area contributed by atoms with Gasteiger partial charge in [0.1, 0.15) is 16.9 Å². The number of aliphatic hydroxyl groups is 1. The van der Waals surface area contributed by atoms with Crippen LogP contribution in [0.4, 0.5) is 4.39 Å². The van der Waals surface area contributed by atoms with E-state index in [1.54, 1.807) is 26.0 Å². The van der Waals surface area contributed by atoms with Crippen LogP contribution in [-0.4, -0.2) is 50.3 Å². The Balaban J connectivity index is 1.90. The highest BCUT2D eigenvalue weighted by Crippen LogP contribution is 2.26. The van der Waals surface area contributed by atoms with Crippen LogP contribution < -0.4 is 16.2 Å². The number of pyridine rings is 2. The Hall–Kier alpha value is -3.79. The molecule has 0 aliphatic rings. The monoisotopic (exact) mass is 512 g/mol. The van der Waals surface area contributed by atoms with Crippen molar-refractivity contribution in [1.29, 1.82) is 0 Å². The molecule has 2 amide bonds. The first-order valence-electron chi connectivity index (χ1n) is 12.1. The Morgan fingerprint density at radius 1 is 1.19 bits per heavy atom. The second-order valence-electron chi connectivity index (χ2n) is 9.73. The lowest BCUT2D eigenvalue weighted by Gasteiger charge is -2.23. The minimum Gasteiger partial charge on any atom is -0.505 e.